The molecule has 1 aromatic carbocycles. The molecule has 0 fully saturated rings. The molecule has 0 spiro atoms. The van der Waals surface area contributed by atoms with E-state index in [1.54, 1.807) is 37.4 Å². The summed E-state index contributed by atoms with van der Waals surface area (Å²) in [6.07, 6.45) is 1.71. The lowest BCUT2D eigenvalue weighted by molar-refractivity contribution is 0.0990. The third kappa shape index (κ3) is 2.97. The van der Waals surface area contributed by atoms with E-state index < -0.39 is 0 Å². The summed E-state index contributed by atoms with van der Waals surface area (Å²) < 4.78 is 5.26. The molecule has 1 amide bonds. The molecule has 2 aromatic rings. The Morgan fingerprint density at radius 1 is 1.10 bits per heavy atom. The van der Waals surface area contributed by atoms with Crippen molar-refractivity contribution in [2.24, 2.45) is 0 Å². The van der Waals surface area contributed by atoms with Crippen molar-refractivity contribution >= 4 is 17.4 Å². The highest BCUT2D eigenvalue weighted by Gasteiger charge is 2.20. The fourth-order valence-corrected chi connectivity index (χ4v) is 2.11. The average molecular weight is 285 g/mol. The zero-order chi connectivity index (χ0) is 15.4. The van der Waals surface area contributed by atoms with Gasteiger partial charge in [0.2, 0.25) is 0 Å². The summed E-state index contributed by atoms with van der Waals surface area (Å²) >= 11 is 0. The molecule has 0 saturated carbocycles. The molecule has 0 radical (unpaired) electrons. The van der Waals surface area contributed by atoms with Crippen LogP contribution in [-0.2, 0) is 0 Å². The molecule has 110 valence electrons. The number of hydrogen-bond donors (Lipinski definition) is 0. The van der Waals surface area contributed by atoms with E-state index in [9.17, 15) is 4.79 Å². The first-order valence-corrected chi connectivity index (χ1v) is 6.59. The van der Waals surface area contributed by atoms with Crippen LogP contribution >= 0.6 is 0 Å². The number of pyridine rings is 1. The van der Waals surface area contributed by atoms with E-state index in [0.717, 1.165) is 11.5 Å². The van der Waals surface area contributed by atoms with E-state index in [4.69, 9.17) is 4.74 Å². The van der Waals surface area contributed by atoms with Gasteiger partial charge in [-0.2, -0.15) is 0 Å². The number of methoxy groups -OCH3 is 1. The lowest BCUT2D eigenvalue weighted by atomic mass is 10.1. The van der Waals surface area contributed by atoms with Crippen molar-refractivity contribution < 1.29 is 9.53 Å². The van der Waals surface area contributed by atoms with Crippen molar-refractivity contribution in [3.05, 3.63) is 48.2 Å². The summed E-state index contributed by atoms with van der Waals surface area (Å²) in [4.78, 5) is 20.5. The lowest BCUT2D eigenvalue weighted by Crippen LogP contribution is -2.28. The summed E-state index contributed by atoms with van der Waals surface area (Å²) in [5, 5.41) is 0. The minimum Gasteiger partial charge on any atom is -0.496 e. The predicted molar refractivity (Wildman–Crippen MR) is 84.3 cm³/mol. The Balaban J connectivity index is 2.40. The quantitative estimate of drug-likeness (QED) is 0.865. The van der Waals surface area contributed by atoms with Gasteiger partial charge in [-0.25, -0.2) is 4.98 Å². The van der Waals surface area contributed by atoms with Crippen molar-refractivity contribution in [1.82, 2.24) is 4.98 Å². The van der Waals surface area contributed by atoms with Gasteiger partial charge in [-0.15, -0.1) is 0 Å². The SMILES string of the molecule is COc1ccccc1C(=O)N(C)c1cccnc1N(C)C. The summed E-state index contributed by atoms with van der Waals surface area (Å²) in [6, 6.07) is 10.9. The standard InChI is InChI=1S/C16H19N3O2/c1-18(2)15-13(9-7-11-17-15)19(3)16(20)12-8-5-6-10-14(12)21-4/h5-11H,1-4H3. The number of amides is 1. The molecule has 0 aliphatic rings. The number of carbonyl (C=O) groups excluding carboxylic acids is 1. The van der Waals surface area contributed by atoms with Crippen LogP contribution in [0.2, 0.25) is 0 Å². The molecule has 0 atom stereocenters. The largest absolute Gasteiger partial charge is 0.496 e. The Morgan fingerprint density at radius 3 is 2.48 bits per heavy atom. The Hall–Kier alpha value is -2.56. The lowest BCUT2D eigenvalue weighted by Gasteiger charge is -2.23. The van der Waals surface area contributed by atoms with Crippen molar-refractivity contribution in [2.45, 2.75) is 0 Å². The Labute approximate surface area is 124 Å². The molecule has 0 bridgehead atoms. The van der Waals surface area contributed by atoms with Gasteiger partial charge in [0.1, 0.15) is 5.75 Å². The van der Waals surface area contributed by atoms with Crippen LogP contribution in [0.5, 0.6) is 5.75 Å². The molecule has 0 unspecified atom stereocenters. The summed E-state index contributed by atoms with van der Waals surface area (Å²) in [7, 11) is 7.08. The Bertz CT molecular complexity index is 641. The normalized spacial score (nSPS) is 10.1. The summed E-state index contributed by atoms with van der Waals surface area (Å²) in [5.74, 6) is 1.16. The van der Waals surface area contributed by atoms with Crippen molar-refractivity contribution in [2.75, 3.05) is 38.1 Å². The molecule has 5 heteroatoms. The maximum atomic E-state index is 12.7. The molecule has 5 nitrogen and oxygen atoms in total. The van der Waals surface area contributed by atoms with Crippen LogP contribution < -0.4 is 14.5 Å². The van der Waals surface area contributed by atoms with E-state index in [1.165, 1.54) is 0 Å². The van der Waals surface area contributed by atoms with Crippen molar-refractivity contribution in [1.29, 1.82) is 0 Å². The summed E-state index contributed by atoms with van der Waals surface area (Å²) in [6.45, 7) is 0. The molecule has 2 rings (SSSR count). The van der Waals surface area contributed by atoms with Crippen LogP contribution in [0.15, 0.2) is 42.6 Å². The smallest absolute Gasteiger partial charge is 0.261 e. The maximum absolute atomic E-state index is 12.7. The molecule has 1 aromatic heterocycles. The zero-order valence-electron chi connectivity index (χ0n) is 12.7. The highest BCUT2D eigenvalue weighted by atomic mass is 16.5. The van der Waals surface area contributed by atoms with E-state index in [-0.39, 0.29) is 5.91 Å². The van der Waals surface area contributed by atoms with Crippen molar-refractivity contribution in [3.63, 3.8) is 0 Å². The van der Waals surface area contributed by atoms with Crippen LogP contribution in [0.1, 0.15) is 10.4 Å². The maximum Gasteiger partial charge on any atom is 0.261 e. The fourth-order valence-electron chi connectivity index (χ4n) is 2.11. The van der Waals surface area contributed by atoms with Gasteiger partial charge in [-0.05, 0) is 24.3 Å². The van der Waals surface area contributed by atoms with Gasteiger partial charge in [-0.1, -0.05) is 12.1 Å². The van der Waals surface area contributed by atoms with E-state index in [0.29, 0.717) is 11.3 Å². The molecular weight excluding hydrogens is 266 g/mol. The molecule has 0 N–H and O–H groups in total. The number of rotatable bonds is 4. The molecule has 0 aliphatic heterocycles. The van der Waals surface area contributed by atoms with Gasteiger partial charge in [0.15, 0.2) is 5.82 Å². The fraction of sp³-hybridized carbons (Fsp3) is 0.250. The second-order valence-corrected chi connectivity index (χ2v) is 4.81. The number of anilines is 2. The predicted octanol–water partition coefficient (Wildman–Crippen LogP) is 2.43. The number of hydrogen-bond acceptors (Lipinski definition) is 4. The van der Waals surface area contributed by atoms with Crippen LogP contribution in [0.4, 0.5) is 11.5 Å². The number of carbonyl (C=O) groups is 1. The zero-order valence-corrected chi connectivity index (χ0v) is 12.7. The third-order valence-corrected chi connectivity index (χ3v) is 3.19. The molecular formula is C16H19N3O2. The number of aromatic nitrogens is 1. The second kappa shape index (κ2) is 6.26. The van der Waals surface area contributed by atoms with E-state index in [1.807, 2.05) is 43.3 Å². The van der Waals surface area contributed by atoms with Gasteiger partial charge in [0, 0.05) is 27.3 Å². The topological polar surface area (TPSA) is 45.7 Å². The van der Waals surface area contributed by atoms with Crippen LogP contribution in [0, 0.1) is 0 Å². The monoisotopic (exact) mass is 285 g/mol. The number of para-hydroxylation sites is 1. The first kappa shape index (κ1) is 14.8. The van der Waals surface area contributed by atoms with Crippen LogP contribution in [0.25, 0.3) is 0 Å². The average Bonchev–Trinajstić information content (AvgIpc) is 2.53. The van der Waals surface area contributed by atoms with Crippen molar-refractivity contribution in [3.8, 4) is 5.75 Å². The minimum atomic E-state index is -0.136. The van der Waals surface area contributed by atoms with Gasteiger partial charge in [0.05, 0.1) is 18.4 Å². The van der Waals surface area contributed by atoms with Crippen LogP contribution in [-0.4, -0.2) is 39.1 Å². The number of ether oxygens (including phenoxy) is 1. The van der Waals surface area contributed by atoms with Gasteiger partial charge in [0.25, 0.3) is 5.91 Å². The van der Waals surface area contributed by atoms with E-state index in [2.05, 4.69) is 4.98 Å². The third-order valence-electron chi connectivity index (χ3n) is 3.19. The molecule has 1 heterocycles. The van der Waals surface area contributed by atoms with Gasteiger partial charge >= 0.3 is 0 Å². The summed E-state index contributed by atoms with van der Waals surface area (Å²) in [5.41, 5.74) is 1.27. The molecule has 0 saturated heterocycles. The van der Waals surface area contributed by atoms with Gasteiger partial charge < -0.3 is 14.5 Å². The Morgan fingerprint density at radius 2 is 1.81 bits per heavy atom. The highest BCUT2D eigenvalue weighted by Crippen LogP contribution is 2.27. The van der Waals surface area contributed by atoms with Crippen LogP contribution in [0.3, 0.4) is 0 Å². The second-order valence-electron chi connectivity index (χ2n) is 4.81. The van der Waals surface area contributed by atoms with E-state index >= 15 is 0 Å². The highest BCUT2D eigenvalue weighted by molar-refractivity contribution is 6.08. The first-order chi connectivity index (χ1) is 10.1. The number of benzene rings is 1. The number of nitrogens with zero attached hydrogens (tertiary/aromatic N) is 3. The Kier molecular flexibility index (Phi) is 4.42. The minimum absolute atomic E-state index is 0.136. The van der Waals surface area contributed by atoms with Gasteiger partial charge in [-0.3, -0.25) is 4.79 Å². The molecule has 0 aliphatic carbocycles. The first-order valence-electron chi connectivity index (χ1n) is 6.59. The molecule has 21 heavy (non-hydrogen) atoms.